The number of nitrogens with one attached hydrogen (secondary N) is 2. The summed E-state index contributed by atoms with van der Waals surface area (Å²) in [5.41, 5.74) is 0.943. The molecule has 3 aromatic carbocycles. The van der Waals surface area contributed by atoms with Gasteiger partial charge in [0.25, 0.3) is 12.3 Å². The van der Waals surface area contributed by atoms with E-state index in [0.717, 1.165) is 34.2 Å². The second kappa shape index (κ2) is 15.9. The van der Waals surface area contributed by atoms with Crippen LogP contribution in [0.1, 0.15) is 68.0 Å². The van der Waals surface area contributed by atoms with E-state index in [1.165, 1.54) is 48.7 Å². The number of rotatable bonds is 12. The van der Waals surface area contributed by atoms with Crippen molar-refractivity contribution in [3.8, 4) is 22.6 Å². The van der Waals surface area contributed by atoms with Gasteiger partial charge in [-0.05, 0) is 59.4 Å². The van der Waals surface area contributed by atoms with Crippen LogP contribution in [0.15, 0.2) is 79.4 Å². The van der Waals surface area contributed by atoms with Crippen molar-refractivity contribution in [3.05, 3.63) is 113 Å². The maximum atomic E-state index is 14.8. The van der Waals surface area contributed by atoms with Crippen LogP contribution in [0.3, 0.4) is 0 Å². The number of amides is 1. The molecule has 17 heteroatoms. The van der Waals surface area contributed by atoms with Gasteiger partial charge in [0.05, 0.1) is 22.9 Å². The summed E-state index contributed by atoms with van der Waals surface area (Å²) in [6.07, 6.45) is 0.896. The van der Waals surface area contributed by atoms with E-state index in [1.54, 1.807) is 0 Å². The molecule has 1 atom stereocenters. The Kier molecular flexibility index (Phi) is 11.6. The van der Waals surface area contributed by atoms with Gasteiger partial charge in [0, 0.05) is 29.9 Å². The summed E-state index contributed by atoms with van der Waals surface area (Å²) in [5.74, 6) is -4.05. The average molecular weight is 747 g/mol. The van der Waals surface area contributed by atoms with Crippen molar-refractivity contribution in [1.82, 2.24) is 34.8 Å². The molecule has 0 aliphatic carbocycles. The van der Waals surface area contributed by atoms with E-state index < -0.39 is 49.0 Å². The van der Waals surface area contributed by atoms with Crippen LogP contribution in [0, 0.1) is 22.5 Å². The smallest absolute Gasteiger partial charge is 0.333 e. The summed E-state index contributed by atoms with van der Waals surface area (Å²) in [5, 5.41) is 19.6. The Morgan fingerprint density at radius 3 is 2.37 bits per heavy atom. The zero-order chi connectivity index (χ0) is 37.7. The lowest BCUT2D eigenvalue weighted by molar-refractivity contribution is 0.0566. The van der Waals surface area contributed by atoms with Crippen LogP contribution in [0.2, 0.25) is 5.02 Å². The summed E-state index contributed by atoms with van der Waals surface area (Å²) < 4.78 is 89.5. The number of carbonyl (C=O) groups is 1. The fourth-order valence-electron chi connectivity index (χ4n) is 5.14. The summed E-state index contributed by atoms with van der Waals surface area (Å²) in [6, 6.07) is 11.5. The molecular weight excluding hydrogens is 714 g/mol. The van der Waals surface area contributed by atoms with Crippen LogP contribution in [-0.4, -0.2) is 54.5 Å². The number of benzene rings is 3. The quantitative estimate of drug-likeness (QED) is 0.0751. The van der Waals surface area contributed by atoms with Crippen molar-refractivity contribution in [3.63, 3.8) is 0 Å². The van der Waals surface area contributed by atoms with Gasteiger partial charge in [0.2, 0.25) is 0 Å². The first-order valence-corrected chi connectivity index (χ1v) is 16.1. The van der Waals surface area contributed by atoms with E-state index in [2.05, 4.69) is 20.5 Å². The first-order valence-electron chi connectivity index (χ1n) is 15.8. The molecule has 0 unspecified atom stereocenters. The SMILES string of the molecule is CC(C)(C)CCNC(=N)N(C(=O)c1ccc(-c2cnn(C(F)F)c2)cc1)[C@H](COc1ccc(F)cc1F)c1ccc(Cl)c(-n2ncnc2C(F)F)c1. The number of hydrogen-bond acceptors (Lipinski definition) is 6. The molecule has 0 spiro atoms. The van der Waals surface area contributed by atoms with Crippen molar-refractivity contribution in [2.45, 2.75) is 46.2 Å². The fraction of sp³-hybridized carbons (Fsp3) is 0.286. The van der Waals surface area contributed by atoms with Crippen molar-refractivity contribution in [2.75, 3.05) is 13.2 Å². The summed E-state index contributed by atoms with van der Waals surface area (Å²) >= 11 is 6.44. The Hall–Kier alpha value is -5.38. The molecule has 0 saturated carbocycles. The minimum absolute atomic E-state index is 0.00223. The molecular formula is C35H33ClF6N8O2. The molecule has 0 radical (unpaired) electrons. The number of halogens is 7. The molecule has 2 heterocycles. The third-order valence-corrected chi connectivity index (χ3v) is 8.17. The number of nitrogens with zero attached hydrogens (tertiary/aromatic N) is 6. The highest BCUT2D eigenvalue weighted by atomic mass is 35.5. The first kappa shape index (κ1) is 37.9. The van der Waals surface area contributed by atoms with Crippen molar-refractivity contribution in [2.24, 2.45) is 5.41 Å². The van der Waals surface area contributed by atoms with Gasteiger partial charge in [-0.3, -0.25) is 15.1 Å². The van der Waals surface area contributed by atoms with Crippen LogP contribution in [0.4, 0.5) is 26.3 Å². The lowest BCUT2D eigenvalue weighted by Crippen LogP contribution is -2.48. The number of guanidine groups is 1. The Morgan fingerprint density at radius 1 is 1.00 bits per heavy atom. The van der Waals surface area contributed by atoms with Gasteiger partial charge in [-0.2, -0.15) is 19.0 Å². The first-order chi connectivity index (χ1) is 24.6. The maximum absolute atomic E-state index is 14.8. The van der Waals surface area contributed by atoms with Gasteiger partial charge in [-0.25, -0.2) is 31.9 Å². The molecule has 2 aromatic heterocycles. The molecule has 0 bridgehead atoms. The van der Waals surface area contributed by atoms with Crippen LogP contribution in [-0.2, 0) is 0 Å². The van der Waals surface area contributed by atoms with Gasteiger partial charge < -0.3 is 10.1 Å². The standard InChI is InChI=1S/C35H33ClF6N8O2/c1-35(2,3)12-13-44-34(43)49(32(51)21-6-4-20(5-7-21)23-16-46-48(17-23)33(41)42)28(18-52-29-11-9-24(37)15-26(29)38)22-8-10-25(36)27(14-22)50-31(30(39)40)45-19-47-50/h4-11,14-17,19,28,30,33H,12-13,18H2,1-3H3,(H2,43,44)/t28-/m1/s1. The molecule has 0 saturated heterocycles. The molecule has 5 rings (SSSR count). The summed E-state index contributed by atoms with van der Waals surface area (Å²) in [4.78, 5) is 19.1. The Bertz CT molecular complexity index is 2030. The number of aromatic nitrogens is 5. The van der Waals surface area contributed by atoms with Gasteiger partial charge in [0.15, 0.2) is 23.4 Å². The molecule has 52 heavy (non-hydrogen) atoms. The van der Waals surface area contributed by atoms with Gasteiger partial charge in [-0.1, -0.05) is 50.6 Å². The van der Waals surface area contributed by atoms with Crippen LogP contribution in [0.25, 0.3) is 16.8 Å². The molecule has 274 valence electrons. The third kappa shape index (κ3) is 8.91. The van der Waals surface area contributed by atoms with Crippen LogP contribution in [0.5, 0.6) is 5.75 Å². The van der Waals surface area contributed by atoms with Crippen LogP contribution >= 0.6 is 11.6 Å². The van der Waals surface area contributed by atoms with E-state index in [9.17, 15) is 31.1 Å². The Balaban J connectivity index is 1.59. The van der Waals surface area contributed by atoms with E-state index in [4.69, 9.17) is 21.7 Å². The van der Waals surface area contributed by atoms with Crippen LogP contribution < -0.4 is 10.1 Å². The minimum atomic E-state index is -3.02. The lowest BCUT2D eigenvalue weighted by Gasteiger charge is -2.33. The Labute approximate surface area is 299 Å². The molecule has 0 aliphatic rings. The monoisotopic (exact) mass is 746 g/mol. The maximum Gasteiger partial charge on any atom is 0.333 e. The minimum Gasteiger partial charge on any atom is -0.488 e. The number of alkyl halides is 4. The Morgan fingerprint density at radius 2 is 1.73 bits per heavy atom. The van der Waals surface area contributed by atoms with Gasteiger partial charge in [-0.15, -0.1) is 0 Å². The predicted octanol–water partition coefficient (Wildman–Crippen LogP) is 8.62. The second-order valence-corrected chi connectivity index (χ2v) is 13.2. The van der Waals surface area contributed by atoms with E-state index in [1.807, 2.05) is 20.8 Å². The van der Waals surface area contributed by atoms with Crippen molar-refractivity contribution >= 4 is 23.5 Å². The highest BCUT2D eigenvalue weighted by molar-refractivity contribution is 6.32. The van der Waals surface area contributed by atoms with E-state index in [0.29, 0.717) is 28.3 Å². The highest BCUT2D eigenvalue weighted by Crippen LogP contribution is 2.32. The molecule has 5 aromatic rings. The lowest BCUT2D eigenvalue weighted by atomic mass is 9.92. The second-order valence-electron chi connectivity index (χ2n) is 12.8. The zero-order valence-corrected chi connectivity index (χ0v) is 28.8. The molecule has 1 amide bonds. The molecule has 2 N–H and O–H groups in total. The largest absolute Gasteiger partial charge is 0.488 e. The topological polar surface area (TPSA) is 114 Å². The molecule has 0 fully saturated rings. The zero-order valence-electron chi connectivity index (χ0n) is 28.0. The summed E-state index contributed by atoms with van der Waals surface area (Å²) in [6.45, 7) is 2.89. The molecule has 10 nitrogen and oxygen atoms in total. The van der Waals surface area contributed by atoms with Crippen molar-refractivity contribution < 1.29 is 35.9 Å². The van der Waals surface area contributed by atoms with Gasteiger partial charge >= 0.3 is 6.55 Å². The highest BCUT2D eigenvalue weighted by Gasteiger charge is 2.32. The number of ether oxygens (including phenoxy) is 1. The number of carbonyl (C=O) groups excluding carboxylic acids is 1. The normalized spacial score (nSPS) is 12.3. The third-order valence-electron chi connectivity index (χ3n) is 7.85. The van der Waals surface area contributed by atoms with Gasteiger partial charge in [0.1, 0.15) is 18.8 Å². The summed E-state index contributed by atoms with van der Waals surface area (Å²) in [7, 11) is 0. The van der Waals surface area contributed by atoms with Crippen molar-refractivity contribution in [1.29, 1.82) is 5.41 Å². The number of hydrogen-bond donors (Lipinski definition) is 2. The van der Waals surface area contributed by atoms with E-state index >= 15 is 0 Å². The predicted molar refractivity (Wildman–Crippen MR) is 181 cm³/mol. The fourth-order valence-corrected chi connectivity index (χ4v) is 5.34. The molecule has 0 aliphatic heterocycles. The average Bonchev–Trinajstić information content (AvgIpc) is 3.78. The van der Waals surface area contributed by atoms with E-state index in [-0.39, 0.29) is 45.5 Å².